The molecule has 1 aromatic heterocycles. The number of aryl methyl sites for hydroxylation is 1. The number of nitrogens with zero attached hydrogens (tertiary/aromatic N) is 1. The summed E-state index contributed by atoms with van der Waals surface area (Å²) >= 11 is 1.56. The lowest BCUT2D eigenvalue weighted by molar-refractivity contribution is 1.50. The molecule has 12 heavy (non-hydrogen) atoms. The highest BCUT2D eigenvalue weighted by molar-refractivity contribution is 7.13. The lowest BCUT2D eigenvalue weighted by atomic mass is 10.2. The Morgan fingerprint density at radius 2 is 2.00 bits per heavy atom. The Morgan fingerprint density at radius 3 is 2.67 bits per heavy atom. The fraction of sp³-hybridized carbons (Fsp3) is 0.300. The monoisotopic (exact) mass is 179 g/mol. The summed E-state index contributed by atoms with van der Waals surface area (Å²) in [5.74, 6) is 0. The first-order chi connectivity index (χ1) is 5.88. The molecule has 0 unspecified atom stereocenters. The van der Waals surface area contributed by atoms with Crippen LogP contribution in [0.3, 0.4) is 0 Å². The second-order valence-corrected chi connectivity index (χ2v) is 3.12. The van der Waals surface area contributed by atoms with Crippen molar-refractivity contribution >= 4 is 21.6 Å². The van der Waals surface area contributed by atoms with Crippen molar-refractivity contribution in [2.75, 3.05) is 0 Å². The van der Waals surface area contributed by atoms with Gasteiger partial charge in [-0.1, -0.05) is 32.0 Å². The van der Waals surface area contributed by atoms with Crippen molar-refractivity contribution < 1.29 is 0 Å². The van der Waals surface area contributed by atoms with E-state index >= 15 is 0 Å². The van der Waals surface area contributed by atoms with Gasteiger partial charge < -0.3 is 0 Å². The van der Waals surface area contributed by atoms with Gasteiger partial charge in [-0.05, 0) is 24.0 Å². The molecule has 1 nitrogen and oxygen atoms in total. The molecule has 0 bridgehead atoms. The number of hydrogen-bond acceptors (Lipinski definition) is 2. The molecule has 0 N–H and O–H groups in total. The van der Waals surface area contributed by atoms with Gasteiger partial charge in [-0.25, -0.2) is 0 Å². The first-order valence-electron chi connectivity index (χ1n) is 4.18. The van der Waals surface area contributed by atoms with Crippen molar-refractivity contribution in [2.24, 2.45) is 0 Å². The van der Waals surface area contributed by atoms with Crippen LogP contribution in [0.1, 0.15) is 19.4 Å². The van der Waals surface area contributed by atoms with E-state index in [4.69, 9.17) is 0 Å². The Hall–Kier alpha value is -0.890. The van der Waals surface area contributed by atoms with Gasteiger partial charge in [-0.3, -0.25) is 0 Å². The van der Waals surface area contributed by atoms with Gasteiger partial charge in [0, 0.05) is 11.6 Å². The van der Waals surface area contributed by atoms with Crippen LogP contribution in [0.2, 0.25) is 0 Å². The van der Waals surface area contributed by atoms with E-state index in [0.717, 1.165) is 0 Å². The van der Waals surface area contributed by atoms with Gasteiger partial charge in [-0.2, -0.15) is 4.37 Å². The molecule has 0 saturated heterocycles. The van der Waals surface area contributed by atoms with Crippen LogP contribution in [0.4, 0.5) is 0 Å². The summed E-state index contributed by atoms with van der Waals surface area (Å²) in [5.41, 5.74) is 1.32. The van der Waals surface area contributed by atoms with Crippen LogP contribution < -0.4 is 0 Å². The van der Waals surface area contributed by atoms with Gasteiger partial charge in [0.25, 0.3) is 0 Å². The van der Waals surface area contributed by atoms with Gasteiger partial charge >= 0.3 is 0 Å². The molecule has 0 amide bonds. The van der Waals surface area contributed by atoms with Crippen molar-refractivity contribution in [3.05, 3.63) is 30.0 Å². The molecule has 2 heteroatoms. The maximum atomic E-state index is 4.10. The highest BCUT2D eigenvalue weighted by Crippen LogP contribution is 2.20. The minimum Gasteiger partial charge on any atom is -0.200 e. The van der Waals surface area contributed by atoms with E-state index in [9.17, 15) is 0 Å². The van der Waals surface area contributed by atoms with Crippen molar-refractivity contribution in [2.45, 2.75) is 20.8 Å². The molecule has 0 aliphatic carbocycles. The molecular weight excluding hydrogens is 166 g/mol. The first kappa shape index (κ1) is 9.20. The Bertz CT molecular complexity index is 351. The molecule has 0 aliphatic rings. The highest BCUT2D eigenvalue weighted by Gasteiger charge is 1.96. The first-order valence-corrected chi connectivity index (χ1v) is 4.95. The maximum absolute atomic E-state index is 4.10. The zero-order chi connectivity index (χ0) is 8.97. The van der Waals surface area contributed by atoms with E-state index in [1.807, 2.05) is 20.0 Å². The van der Waals surface area contributed by atoms with Gasteiger partial charge in [0.1, 0.15) is 0 Å². The van der Waals surface area contributed by atoms with Crippen molar-refractivity contribution in [3.8, 4) is 0 Å². The topological polar surface area (TPSA) is 12.9 Å². The second kappa shape index (κ2) is 4.21. The molecule has 0 fully saturated rings. The minimum absolute atomic E-state index is 1.25. The molecule has 1 aromatic carbocycles. The number of aromatic nitrogens is 1. The van der Waals surface area contributed by atoms with Crippen LogP contribution in [0.5, 0.6) is 0 Å². The third kappa shape index (κ3) is 1.64. The molecule has 0 radical (unpaired) electrons. The molecule has 1 heterocycles. The summed E-state index contributed by atoms with van der Waals surface area (Å²) in [5, 5.41) is 1.25. The van der Waals surface area contributed by atoms with E-state index in [1.165, 1.54) is 15.6 Å². The maximum Gasteiger partial charge on any atom is 0.0579 e. The molecule has 0 atom stereocenters. The van der Waals surface area contributed by atoms with E-state index in [2.05, 4.69) is 29.5 Å². The summed E-state index contributed by atoms with van der Waals surface area (Å²) in [6.07, 6.45) is 1.91. The van der Waals surface area contributed by atoms with Crippen LogP contribution in [0, 0.1) is 6.92 Å². The Morgan fingerprint density at radius 1 is 1.25 bits per heavy atom. The van der Waals surface area contributed by atoms with Gasteiger partial charge in [0.2, 0.25) is 0 Å². The summed E-state index contributed by atoms with van der Waals surface area (Å²) in [4.78, 5) is 0. The smallest absolute Gasteiger partial charge is 0.0579 e. The molecule has 0 spiro atoms. The van der Waals surface area contributed by atoms with Gasteiger partial charge in [0.05, 0.1) is 4.70 Å². The van der Waals surface area contributed by atoms with Crippen LogP contribution in [0.15, 0.2) is 24.4 Å². The lowest BCUT2D eigenvalue weighted by Crippen LogP contribution is -1.67. The van der Waals surface area contributed by atoms with Crippen molar-refractivity contribution in [3.63, 3.8) is 0 Å². The zero-order valence-electron chi connectivity index (χ0n) is 7.66. The second-order valence-electron chi connectivity index (χ2n) is 2.32. The van der Waals surface area contributed by atoms with E-state index in [1.54, 1.807) is 11.5 Å². The third-order valence-corrected chi connectivity index (χ3v) is 2.53. The predicted octanol–water partition coefficient (Wildman–Crippen LogP) is 3.63. The van der Waals surface area contributed by atoms with Crippen LogP contribution >= 0.6 is 11.5 Å². The predicted molar refractivity (Wildman–Crippen MR) is 55.7 cm³/mol. The lowest BCUT2D eigenvalue weighted by Gasteiger charge is -1.90. The quantitative estimate of drug-likeness (QED) is 0.601. The Kier molecular flexibility index (Phi) is 3.23. The third-order valence-electron chi connectivity index (χ3n) is 1.58. The average molecular weight is 179 g/mol. The molecule has 2 rings (SSSR count). The standard InChI is InChI=1S/C8H7NS.C2H6/c1-6-3-2-4-7-5-9-10-8(6)7;1-2/h2-5H,1H3;1-2H3. The summed E-state index contributed by atoms with van der Waals surface area (Å²) in [7, 11) is 0. The van der Waals surface area contributed by atoms with Gasteiger partial charge in [-0.15, -0.1) is 0 Å². The number of benzene rings is 1. The normalized spacial score (nSPS) is 9.25. The van der Waals surface area contributed by atoms with Gasteiger partial charge in [0.15, 0.2) is 0 Å². The summed E-state index contributed by atoms with van der Waals surface area (Å²) in [6.45, 7) is 6.11. The number of hydrogen-bond donors (Lipinski definition) is 0. The SMILES string of the molecule is CC.Cc1cccc2cnsc12. The molecule has 2 aromatic rings. The average Bonchev–Trinajstić information content (AvgIpc) is 2.57. The fourth-order valence-electron chi connectivity index (χ4n) is 1.04. The van der Waals surface area contributed by atoms with E-state index in [0.29, 0.717) is 0 Å². The number of rotatable bonds is 0. The zero-order valence-corrected chi connectivity index (χ0v) is 8.48. The molecule has 0 aliphatic heterocycles. The Labute approximate surface area is 77.2 Å². The summed E-state index contributed by atoms with van der Waals surface area (Å²) < 4.78 is 5.41. The van der Waals surface area contributed by atoms with E-state index in [-0.39, 0.29) is 0 Å². The number of fused-ring (bicyclic) bond motifs is 1. The van der Waals surface area contributed by atoms with Crippen LogP contribution in [0.25, 0.3) is 10.1 Å². The van der Waals surface area contributed by atoms with Crippen LogP contribution in [-0.4, -0.2) is 4.37 Å². The van der Waals surface area contributed by atoms with Crippen molar-refractivity contribution in [1.82, 2.24) is 4.37 Å². The highest BCUT2D eigenvalue weighted by atomic mass is 32.1. The van der Waals surface area contributed by atoms with Crippen LogP contribution in [-0.2, 0) is 0 Å². The largest absolute Gasteiger partial charge is 0.200 e. The minimum atomic E-state index is 1.25. The molecule has 64 valence electrons. The summed E-state index contributed by atoms with van der Waals surface area (Å²) in [6, 6.07) is 6.26. The Balaban J connectivity index is 0.000000336. The molecule has 0 saturated carbocycles. The molecular formula is C10H13NS. The van der Waals surface area contributed by atoms with Crippen molar-refractivity contribution in [1.29, 1.82) is 0 Å². The van der Waals surface area contributed by atoms with E-state index < -0.39 is 0 Å². The fourth-order valence-corrected chi connectivity index (χ4v) is 1.75.